The molecule has 0 unspecified atom stereocenters. The van der Waals surface area contributed by atoms with Gasteiger partial charge in [0.25, 0.3) is 0 Å². The molecular formula is C15H18N+. The van der Waals surface area contributed by atoms with Gasteiger partial charge >= 0.3 is 0 Å². The molecule has 1 aromatic heterocycles. The molecule has 0 aliphatic rings. The zero-order chi connectivity index (χ0) is 11.5. The molecule has 0 atom stereocenters. The van der Waals surface area contributed by atoms with Gasteiger partial charge in [-0.1, -0.05) is 25.1 Å². The molecule has 1 aromatic carbocycles. The first kappa shape index (κ1) is 10.9. The summed E-state index contributed by atoms with van der Waals surface area (Å²) in [6.45, 7) is 4.37. The average Bonchev–Trinajstić information content (AvgIpc) is 2.30. The summed E-state index contributed by atoms with van der Waals surface area (Å²) >= 11 is 0. The van der Waals surface area contributed by atoms with Gasteiger partial charge in [0.2, 0.25) is 5.69 Å². The highest BCUT2D eigenvalue weighted by Crippen LogP contribution is 2.23. The lowest BCUT2D eigenvalue weighted by Crippen LogP contribution is -2.31. The standard InChI is InChI=1S/C15H18N/c1-4-13-9-7-11-16(3)15(13)14-10-6-5-8-12(14)2/h5-11H,4H2,1-3H3/q+1. The largest absolute Gasteiger partial charge is 0.215 e. The van der Waals surface area contributed by atoms with Crippen LogP contribution < -0.4 is 4.57 Å². The fourth-order valence-electron chi connectivity index (χ4n) is 2.16. The van der Waals surface area contributed by atoms with Crippen LogP contribution in [0.25, 0.3) is 11.3 Å². The minimum Gasteiger partial charge on any atom is -0.201 e. The van der Waals surface area contributed by atoms with Gasteiger partial charge in [-0.25, -0.2) is 4.57 Å². The van der Waals surface area contributed by atoms with Gasteiger partial charge in [0.15, 0.2) is 6.20 Å². The van der Waals surface area contributed by atoms with E-state index in [0.29, 0.717) is 0 Å². The molecule has 0 aliphatic heterocycles. The van der Waals surface area contributed by atoms with Gasteiger partial charge in [-0.15, -0.1) is 0 Å². The molecule has 0 saturated carbocycles. The van der Waals surface area contributed by atoms with Gasteiger partial charge in [-0.3, -0.25) is 0 Å². The Morgan fingerprint density at radius 3 is 2.50 bits per heavy atom. The second kappa shape index (κ2) is 4.48. The van der Waals surface area contributed by atoms with Crippen LogP contribution in [0.5, 0.6) is 0 Å². The zero-order valence-electron chi connectivity index (χ0n) is 10.2. The van der Waals surface area contributed by atoms with Crippen molar-refractivity contribution >= 4 is 0 Å². The molecule has 16 heavy (non-hydrogen) atoms. The van der Waals surface area contributed by atoms with Crippen LogP contribution >= 0.6 is 0 Å². The first-order valence-electron chi connectivity index (χ1n) is 5.77. The summed E-state index contributed by atoms with van der Waals surface area (Å²) in [6, 6.07) is 12.9. The SMILES string of the molecule is CCc1ccc[n+](C)c1-c1ccccc1C. The Hall–Kier alpha value is -1.63. The Kier molecular flexibility index (Phi) is 3.04. The first-order valence-corrected chi connectivity index (χ1v) is 5.77. The second-order valence-electron chi connectivity index (χ2n) is 4.16. The van der Waals surface area contributed by atoms with Crippen molar-refractivity contribution in [2.75, 3.05) is 0 Å². The van der Waals surface area contributed by atoms with Gasteiger partial charge in [0.1, 0.15) is 7.05 Å². The first-order chi connectivity index (χ1) is 7.74. The van der Waals surface area contributed by atoms with E-state index in [1.54, 1.807) is 0 Å². The van der Waals surface area contributed by atoms with Crippen molar-refractivity contribution in [2.45, 2.75) is 20.3 Å². The minimum absolute atomic E-state index is 1.07. The van der Waals surface area contributed by atoms with Gasteiger partial charge in [-0.2, -0.15) is 0 Å². The topological polar surface area (TPSA) is 3.88 Å². The van der Waals surface area contributed by atoms with E-state index < -0.39 is 0 Å². The molecule has 1 nitrogen and oxygen atoms in total. The molecule has 2 aromatic rings. The Balaban J connectivity index is 2.68. The Bertz CT molecular complexity index is 501. The van der Waals surface area contributed by atoms with Crippen LogP contribution in [0.2, 0.25) is 0 Å². The molecule has 0 fully saturated rings. The zero-order valence-corrected chi connectivity index (χ0v) is 10.2. The maximum atomic E-state index is 2.21. The predicted molar refractivity (Wildman–Crippen MR) is 67.2 cm³/mol. The van der Waals surface area contributed by atoms with Crippen LogP contribution in [0, 0.1) is 6.92 Å². The van der Waals surface area contributed by atoms with Crippen LogP contribution in [0.1, 0.15) is 18.1 Å². The lowest BCUT2D eigenvalue weighted by Gasteiger charge is -2.07. The third kappa shape index (κ3) is 1.85. The van der Waals surface area contributed by atoms with E-state index >= 15 is 0 Å². The van der Waals surface area contributed by atoms with Gasteiger partial charge in [0.05, 0.1) is 0 Å². The summed E-state index contributed by atoms with van der Waals surface area (Å²) in [7, 11) is 2.11. The highest BCUT2D eigenvalue weighted by molar-refractivity contribution is 5.63. The van der Waals surface area contributed by atoms with Crippen molar-refractivity contribution < 1.29 is 4.57 Å². The molecule has 0 saturated heterocycles. The van der Waals surface area contributed by atoms with Crippen molar-refractivity contribution in [1.82, 2.24) is 0 Å². The highest BCUT2D eigenvalue weighted by atomic mass is 14.9. The number of aromatic nitrogens is 1. The van der Waals surface area contributed by atoms with E-state index in [2.05, 4.69) is 68.1 Å². The maximum Gasteiger partial charge on any atom is 0.215 e. The summed E-state index contributed by atoms with van der Waals surface area (Å²) in [4.78, 5) is 0. The van der Waals surface area contributed by atoms with Crippen molar-refractivity contribution in [1.29, 1.82) is 0 Å². The van der Waals surface area contributed by atoms with Gasteiger partial charge < -0.3 is 0 Å². The molecule has 1 heterocycles. The number of nitrogens with zero attached hydrogens (tertiary/aromatic N) is 1. The Morgan fingerprint density at radius 2 is 1.81 bits per heavy atom. The fraction of sp³-hybridized carbons (Fsp3) is 0.267. The molecular weight excluding hydrogens is 194 g/mol. The quantitative estimate of drug-likeness (QED) is 0.674. The van der Waals surface area contributed by atoms with Crippen molar-refractivity contribution in [3.63, 3.8) is 0 Å². The van der Waals surface area contributed by atoms with Crippen LogP contribution in [0.15, 0.2) is 42.6 Å². The maximum absolute atomic E-state index is 2.21. The molecule has 0 spiro atoms. The fourth-order valence-corrected chi connectivity index (χ4v) is 2.16. The minimum atomic E-state index is 1.07. The molecule has 0 amide bonds. The predicted octanol–water partition coefficient (Wildman–Crippen LogP) is 3.05. The van der Waals surface area contributed by atoms with E-state index in [9.17, 15) is 0 Å². The lowest BCUT2D eigenvalue weighted by molar-refractivity contribution is -0.660. The summed E-state index contributed by atoms with van der Waals surface area (Å²) in [5.74, 6) is 0. The number of aryl methyl sites for hydroxylation is 3. The summed E-state index contributed by atoms with van der Waals surface area (Å²) in [5.41, 5.74) is 5.41. The number of hydrogen-bond donors (Lipinski definition) is 0. The smallest absolute Gasteiger partial charge is 0.201 e. The Labute approximate surface area is 97.4 Å². The molecule has 82 valence electrons. The van der Waals surface area contributed by atoms with E-state index in [1.165, 1.54) is 22.4 Å². The van der Waals surface area contributed by atoms with Crippen LogP contribution in [-0.4, -0.2) is 0 Å². The number of hydrogen-bond acceptors (Lipinski definition) is 0. The molecule has 0 radical (unpaired) electrons. The Morgan fingerprint density at radius 1 is 1.06 bits per heavy atom. The highest BCUT2D eigenvalue weighted by Gasteiger charge is 2.15. The molecule has 0 bridgehead atoms. The molecule has 0 aliphatic carbocycles. The van der Waals surface area contributed by atoms with E-state index in [1.807, 2.05) is 0 Å². The normalized spacial score (nSPS) is 10.4. The summed E-state index contributed by atoms with van der Waals surface area (Å²) in [5, 5.41) is 0. The third-order valence-corrected chi connectivity index (χ3v) is 3.05. The van der Waals surface area contributed by atoms with E-state index in [-0.39, 0.29) is 0 Å². The third-order valence-electron chi connectivity index (χ3n) is 3.05. The molecule has 2 rings (SSSR count). The number of benzene rings is 1. The molecule has 0 N–H and O–H groups in total. The van der Waals surface area contributed by atoms with Crippen molar-refractivity contribution in [3.05, 3.63) is 53.7 Å². The lowest BCUT2D eigenvalue weighted by atomic mass is 9.99. The molecule has 1 heteroatoms. The second-order valence-corrected chi connectivity index (χ2v) is 4.16. The van der Waals surface area contributed by atoms with E-state index in [0.717, 1.165) is 6.42 Å². The van der Waals surface area contributed by atoms with Crippen molar-refractivity contribution in [2.24, 2.45) is 7.05 Å². The number of rotatable bonds is 2. The monoisotopic (exact) mass is 212 g/mol. The summed E-state index contributed by atoms with van der Waals surface area (Å²) in [6.07, 6.45) is 3.18. The number of pyridine rings is 1. The van der Waals surface area contributed by atoms with E-state index in [4.69, 9.17) is 0 Å². The van der Waals surface area contributed by atoms with Crippen LogP contribution in [0.3, 0.4) is 0 Å². The van der Waals surface area contributed by atoms with Crippen LogP contribution in [0.4, 0.5) is 0 Å². The van der Waals surface area contributed by atoms with Crippen LogP contribution in [-0.2, 0) is 13.5 Å². The van der Waals surface area contributed by atoms with Gasteiger partial charge in [-0.05, 0) is 31.0 Å². The van der Waals surface area contributed by atoms with Gasteiger partial charge in [0, 0.05) is 17.2 Å². The average molecular weight is 212 g/mol. The summed E-state index contributed by atoms with van der Waals surface area (Å²) < 4.78 is 2.21. The van der Waals surface area contributed by atoms with Crippen molar-refractivity contribution in [3.8, 4) is 11.3 Å².